The minimum absolute atomic E-state index is 0.168. The molecule has 1 nitrogen and oxygen atoms in total. The van der Waals surface area contributed by atoms with Crippen LogP contribution in [0.2, 0.25) is 0 Å². The molecule has 0 fully saturated rings. The zero-order valence-electron chi connectivity index (χ0n) is 14.1. The Labute approximate surface area is 144 Å². The molecule has 0 atom stereocenters. The molecule has 0 spiro atoms. The van der Waals surface area contributed by atoms with E-state index in [0.717, 1.165) is 0 Å². The van der Waals surface area contributed by atoms with Crippen molar-refractivity contribution in [3.63, 3.8) is 0 Å². The molecule has 0 aliphatic rings. The molecule has 0 unspecified atom stereocenters. The highest BCUT2D eigenvalue weighted by Crippen LogP contribution is 2.42. The predicted octanol–water partition coefficient (Wildman–Crippen LogP) is 6.99. The molecule has 0 aliphatic carbocycles. The monoisotopic (exact) mass is 329 g/mol. The van der Waals surface area contributed by atoms with Crippen molar-refractivity contribution in [3.05, 3.63) is 60.2 Å². The van der Waals surface area contributed by atoms with Crippen molar-refractivity contribution in [2.24, 2.45) is 0 Å². The second kappa shape index (κ2) is 4.61. The van der Waals surface area contributed by atoms with Gasteiger partial charge >= 0.3 is 0 Å². The number of hydrogen-bond acceptors (Lipinski definition) is 1. The zero-order chi connectivity index (χ0) is 16.5. The van der Waals surface area contributed by atoms with Crippen molar-refractivity contribution in [2.75, 3.05) is 0 Å². The van der Waals surface area contributed by atoms with Gasteiger partial charge in [0.2, 0.25) is 0 Å². The van der Waals surface area contributed by atoms with Crippen LogP contribution in [0, 0.1) is 0 Å². The summed E-state index contributed by atoms with van der Waals surface area (Å²) in [6.45, 7) is 6.82. The summed E-state index contributed by atoms with van der Waals surface area (Å²) in [5.74, 6) is 0. The molecule has 24 heavy (non-hydrogen) atoms. The minimum Gasteiger partial charge on any atom is -0.353 e. The third kappa shape index (κ3) is 1.87. The van der Waals surface area contributed by atoms with E-state index in [0.29, 0.717) is 0 Å². The zero-order valence-corrected chi connectivity index (χ0v) is 14.9. The Morgan fingerprint density at radius 3 is 2.54 bits per heavy atom. The number of H-pyrrole nitrogens is 1. The molecule has 2 aromatic heterocycles. The molecule has 0 bridgehead atoms. The van der Waals surface area contributed by atoms with E-state index in [1.165, 1.54) is 47.5 Å². The molecule has 0 amide bonds. The topological polar surface area (TPSA) is 15.8 Å². The summed E-state index contributed by atoms with van der Waals surface area (Å²) in [4.78, 5) is 3.68. The number of thiophene rings is 1. The van der Waals surface area contributed by atoms with Gasteiger partial charge in [-0.15, -0.1) is 11.3 Å². The Bertz CT molecular complexity index is 1230. The van der Waals surface area contributed by atoms with Gasteiger partial charge in [0.15, 0.2) is 0 Å². The van der Waals surface area contributed by atoms with Crippen LogP contribution in [0.15, 0.2) is 54.6 Å². The van der Waals surface area contributed by atoms with Crippen molar-refractivity contribution >= 4 is 53.3 Å². The fourth-order valence-corrected chi connectivity index (χ4v) is 4.83. The average molecular weight is 329 g/mol. The van der Waals surface area contributed by atoms with Crippen molar-refractivity contribution < 1.29 is 0 Å². The lowest BCUT2D eigenvalue weighted by Gasteiger charge is -2.18. The van der Waals surface area contributed by atoms with Crippen LogP contribution in [0.25, 0.3) is 42.0 Å². The van der Waals surface area contributed by atoms with Crippen LogP contribution in [0.4, 0.5) is 0 Å². The molecule has 0 radical (unpaired) electrons. The molecule has 5 rings (SSSR count). The van der Waals surface area contributed by atoms with Gasteiger partial charge in [-0.25, -0.2) is 0 Å². The summed E-state index contributed by atoms with van der Waals surface area (Å²) in [6.07, 6.45) is 0. The first kappa shape index (κ1) is 14.1. The number of rotatable bonds is 0. The van der Waals surface area contributed by atoms with Crippen LogP contribution >= 0.6 is 11.3 Å². The Morgan fingerprint density at radius 2 is 1.71 bits per heavy atom. The Morgan fingerprint density at radius 1 is 0.875 bits per heavy atom. The first-order valence-electron chi connectivity index (χ1n) is 8.38. The number of fused-ring (bicyclic) bond motifs is 7. The molecule has 0 aliphatic heterocycles. The van der Waals surface area contributed by atoms with E-state index in [1.807, 2.05) is 11.3 Å². The first-order chi connectivity index (χ1) is 11.5. The molecule has 118 valence electrons. The lowest BCUT2D eigenvalue weighted by atomic mass is 9.86. The SMILES string of the molecule is CC(C)(C)c1ccc2sc3c([nH]c4ccc5ccccc5c43)c2c1. The Hall–Kier alpha value is -2.32. The van der Waals surface area contributed by atoms with E-state index in [4.69, 9.17) is 0 Å². The third-order valence-corrected chi connectivity index (χ3v) is 6.16. The highest BCUT2D eigenvalue weighted by molar-refractivity contribution is 7.26. The highest BCUT2D eigenvalue weighted by atomic mass is 32.1. The van der Waals surface area contributed by atoms with Gasteiger partial charge in [0.05, 0.1) is 10.2 Å². The van der Waals surface area contributed by atoms with Gasteiger partial charge in [0.1, 0.15) is 0 Å². The molecular weight excluding hydrogens is 310 g/mol. The van der Waals surface area contributed by atoms with Gasteiger partial charge in [-0.3, -0.25) is 0 Å². The summed E-state index contributed by atoms with van der Waals surface area (Å²) in [7, 11) is 0. The summed E-state index contributed by atoms with van der Waals surface area (Å²) in [6, 6.07) is 20.0. The summed E-state index contributed by atoms with van der Waals surface area (Å²) >= 11 is 1.90. The summed E-state index contributed by atoms with van der Waals surface area (Å²) < 4.78 is 2.74. The van der Waals surface area contributed by atoms with Gasteiger partial charge in [0.25, 0.3) is 0 Å². The van der Waals surface area contributed by atoms with Crippen LogP contribution < -0.4 is 0 Å². The molecule has 5 aromatic rings. The molecule has 3 aromatic carbocycles. The maximum absolute atomic E-state index is 3.68. The number of aromatic amines is 1. The predicted molar refractivity (Wildman–Crippen MR) is 107 cm³/mol. The van der Waals surface area contributed by atoms with Crippen molar-refractivity contribution in [1.82, 2.24) is 4.98 Å². The molecule has 2 heterocycles. The standard InChI is InChI=1S/C22H19NS/c1-22(2,3)14-9-11-18-16(12-14)20-21(24-18)19-15-7-5-4-6-13(15)8-10-17(19)23-20/h4-12,23H,1-3H3. The average Bonchev–Trinajstić information content (AvgIpc) is 3.09. The van der Waals surface area contributed by atoms with Crippen molar-refractivity contribution in [1.29, 1.82) is 0 Å². The van der Waals surface area contributed by atoms with Crippen LogP contribution in [-0.4, -0.2) is 4.98 Å². The lowest BCUT2D eigenvalue weighted by molar-refractivity contribution is 0.591. The highest BCUT2D eigenvalue weighted by Gasteiger charge is 2.18. The van der Waals surface area contributed by atoms with Gasteiger partial charge < -0.3 is 4.98 Å². The Kier molecular flexibility index (Phi) is 2.70. The van der Waals surface area contributed by atoms with Crippen LogP contribution in [0.1, 0.15) is 26.3 Å². The lowest BCUT2D eigenvalue weighted by Crippen LogP contribution is -2.10. The molecule has 0 saturated heterocycles. The number of nitrogens with one attached hydrogen (secondary N) is 1. The van der Waals surface area contributed by atoms with Crippen LogP contribution in [-0.2, 0) is 5.41 Å². The minimum atomic E-state index is 0.168. The smallest absolute Gasteiger partial charge is 0.0654 e. The van der Waals surface area contributed by atoms with Gasteiger partial charge in [0, 0.05) is 21.0 Å². The van der Waals surface area contributed by atoms with Gasteiger partial charge in [-0.2, -0.15) is 0 Å². The number of aromatic nitrogens is 1. The van der Waals surface area contributed by atoms with E-state index < -0.39 is 0 Å². The van der Waals surface area contributed by atoms with E-state index >= 15 is 0 Å². The second-order valence-corrected chi connectivity index (χ2v) is 8.65. The van der Waals surface area contributed by atoms with Gasteiger partial charge in [-0.05, 0) is 39.9 Å². The maximum atomic E-state index is 3.68. The fourth-order valence-electron chi connectivity index (χ4n) is 3.62. The molecule has 1 N–H and O–H groups in total. The fraction of sp³-hybridized carbons (Fsp3) is 0.182. The molecule has 2 heteroatoms. The van der Waals surface area contributed by atoms with Crippen molar-refractivity contribution in [3.8, 4) is 0 Å². The molecular formula is C22H19NS. The van der Waals surface area contributed by atoms with E-state index in [9.17, 15) is 0 Å². The Balaban J connectivity index is 1.96. The number of hydrogen-bond donors (Lipinski definition) is 1. The maximum Gasteiger partial charge on any atom is 0.0654 e. The summed E-state index contributed by atoms with van der Waals surface area (Å²) in [5, 5.41) is 5.35. The van der Waals surface area contributed by atoms with E-state index in [2.05, 4.69) is 80.4 Å². The third-order valence-electron chi connectivity index (χ3n) is 4.97. The first-order valence-corrected chi connectivity index (χ1v) is 9.20. The largest absolute Gasteiger partial charge is 0.353 e. The quantitative estimate of drug-likeness (QED) is 0.315. The van der Waals surface area contributed by atoms with Gasteiger partial charge in [-0.1, -0.05) is 57.2 Å². The van der Waals surface area contributed by atoms with E-state index in [1.54, 1.807) is 0 Å². The van der Waals surface area contributed by atoms with E-state index in [-0.39, 0.29) is 5.41 Å². The van der Waals surface area contributed by atoms with Crippen LogP contribution in [0.3, 0.4) is 0 Å². The second-order valence-electron chi connectivity index (χ2n) is 7.60. The number of benzene rings is 3. The normalized spacial score (nSPS) is 12.8. The molecule has 0 saturated carbocycles. The summed E-state index contributed by atoms with van der Waals surface area (Å²) in [5.41, 5.74) is 4.07. The van der Waals surface area contributed by atoms with Crippen molar-refractivity contribution in [2.45, 2.75) is 26.2 Å². The van der Waals surface area contributed by atoms with Crippen LogP contribution in [0.5, 0.6) is 0 Å².